The second-order valence-electron chi connectivity index (χ2n) is 6.99. The molecule has 1 fully saturated rings. The molecule has 2 aliphatic heterocycles. The lowest BCUT2D eigenvalue weighted by Gasteiger charge is -2.44. The Labute approximate surface area is 144 Å². The lowest BCUT2D eigenvalue weighted by atomic mass is 9.90. The summed E-state index contributed by atoms with van der Waals surface area (Å²) in [5.41, 5.74) is 6.42. The van der Waals surface area contributed by atoms with Gasteiger partial charge in [-0.05, 0) is 42.5 Å². The Balaban J connectivity index is 1.62. The summed E-state index contributed by atoms with van der Waals surface area (Å²) in [6.07, 6.45) is 5.37. The molecule has 1 aromatic carbocycles. The van der Waals surface area contributed by atoms with Gasteiger partial charge in [-0.1, -0.05) is 42.5 Å². The predicted octanol–water partition coefficient (Wildman–Crippen LogP) is 3.76. The fourth-order valence-corrected chi connectivity index (χ4v) is 3.93. The molecule has 3 nitrogen and oxygen atoms in total. The van der Waals surface area contributed by atoms with Gasteiger partial charge in [0.1, 0.15) is 0 Å². The maximum atomic E-state index is 5.83. The third-order valence-electron chi connectivity index (χ3n) is 5.07. The monoisotopic (exact) mass is 320 g/mol. The SMILES string of the molecule is Cc1cnc(C2=CC3COCC(C2)N3Cc2ccccc2)c(C)c1. The van der Waals surface area contributed by atoms with Gasteiger partial charge in [0.2, 0.25) is 0 Å². The van der Waals surface area contributed by atoms with Crippen LogP contribution < -0.4 is 0 Å². The molecule has 0 aliphatic carbocycles. The summed E-state index contributed by atoms with van der Waals surface area (Å²) < 4.78 is 5.83. The topological polar surface area (TPSA) is 25.4 Å². The minimum Gasteiger partial charge on any atom is -0.378 e. The normalized spacial score (nSPS) is 23.8. The van der Waals surface area contributed by atoms with Crippen LogP contribution in [0.4, 0.5) is 0 Å². The summed E-state index contributed by atoms with van der Waals surface area (Å²) in [5.74, 6) is 0. The molecular formula is C21H24N2O. The Morgan fingerprint density at radius 2 is 2.00 bits per heavy atom. The van der Waals surface area contributed by atoms with Gasteiger partial charge in [0.05, 0.1) is 24.9 Å². The maximum Gasteiger partial charge on any atom is 0.0688 e. The number of hydrogen-bond acceptors (Lipinski definition) is 3. The average Bonchev–Trinajstić information content (AvgIpc) is 2.56. The number of ether oxygens (including phenoxy) is 1. The number of aromatic nitrogens is 1. The predicted molar refractivity (Wildman–Crippen MR) is 96.7 cm³/mol. The highest BCUT2D eigenvalue weighted by atomic mass is 16.5. The first kappa shape index (κ1) is 15.6. The number of pyridine rings is 1. The van der Waals surface area contributed by atoms with E-state index in [-0.39, 0.29) is 0 Å². The van der Waals surface area contributed by atoms with Crippen molar-refractivity contribution >= 4 is 5.57 Å². The van der Waals surface area contributed by atoms with Gasteiger partial charge in [0.15, 0.2) is 0 Å². The Kier molecular flexibility index (Phi) is 4.21. The van der Waals surface area contributed by atoms with Crippen LogP contribution in [0.1, 0.15) is 28.8 Å². The van der Waals surface area contributed by atoms with E-state index in [1.165, 1.54) is 22.3 Å². The van der Waals surface area contributed by atoms with Gasteiger partial charge in [-0.15, -0.1) is 0 Å². The Morgan fingerprint density at radius 1 is 1.17 bits per heavy atom. The van der Waals surface area contributed by atoms with Crippen molar-refractivity contribution in [3.05, 3.63) is 71.1 Å². The first-order valence-corrected chi connectivity index (χ1v) is 8.72. The molecule has 2 unspecified atom stereocenters. The highest BCUT2D eigenvalue weighted by Crippen LogP contribution is 2.33. The Morgan fingerprint density at radius 3 is 2.75 bits per heavy atom. The zero-order valence-corrected chi connectivity index (χ0v) is 14.4. The summed E-state index contributed by atoms with van der Waals surface area (Å²) >= 11 is 0. The van der Waals surface area contributed by atoms with Crippen LogP contribution in [0.5, 0.6) is 0 Å². The first-order chi connectivity index (χ1) is 11.7. The van der Waals surface area contributed by atoms with Crippen LogP contribution in [0.3, 0.4) is 0 Å². The van der Waals surface area contributed by atoms with Crippen LogP contribution >= 0.6 is 0 Å². The van der Waals surface area contributed by atoms with E-state index in [1.54, 1.807) is 0 Å². The highest BCUT2D eigenvalue weighted by Gasteiger charge is 2.35. The number of hydrogen-bond donors (Lipinski definition) is 0. The molecule has 0 amide bonds. The molecule has 24 heavy (non-hydrogen) atoms. The number of nitrogens with zero attached hydrogens (tertiary/aromatic N) is 2. The Hall–Kier alpha value is -1.97. The summed E-state index contributed by atoms with van der Waals surface area (Å²) in [7, 11) is 0. The molecule has 1 saturated heterocycles. The molecule has 2 bridgehead atoms. The van der Waals surface area contributed by atoms with E-state index in [9.17, 15) is 0 Å². The average molecular weight is 320 g/mol. The minimum atomic E-state index is 0.343. The molecule has 2 aromatic rings. The quantitative estimate of drug-likeness (QED) is 0.861. The molecule has 3 heteroatoms. The number of fused-ring (bicyclic) bond motifs is 2. The molecule has 0 saturated carbocycles. The minimum absolute atomic E-state index is 0.343. The van der Waals surface area contributed by atoms with E-state index in [0.29, 0.717) is 12.1 Å². The van der Waals surface area contributed by atoms with Crippen molar-refractivity contribution in [3.63, 3.8) is 0 Å². The lowest BCUT2D eigenvalue weighted by Crippen LogP contribution is -2.53. The van der Waals surface area contributed by atoms with Gasteiger partial charge >= 0.3 is 0 Å². The van der Waals surface area contributed by atoms with Crippen LogP contribution in [-0.4, -0.2) is 35.2 Å². The van der Waals surface area contributed by atoms with Crippen LogP contribution in [-0.2, 0) is 11.3 Å². The zero-order chi connectivity index (χ0) is 16.5. The van der Waals surface area contributed by atoms with E-state index < -0.39 is 0 Å². The summed E-state index contributed by atoms with van der Waals surface area (Å²) in [6, 6.07) is 13.7. The van der Waals surface area contributed by atoms with Crippen molar-refractivity contribution in [2.45, 2.75) is 38.9 Å². The maximum absolute atomic E-state index is 5.83. The molecule has 0 radical (unpaired) electrons. The zero-order valence-electron chi connectivity index (χ0n) is 14.4. The molecule has 1 aromatic heterocycles. The van der Waals surface area contributed by atoms with Crippen LogP contribution in [0, 0.1) is 13.8 Å². The second kappa shape index (κ2) is 6.50. The van der Waals surface area contributed by atoms with Gasteiger partial charge in [-0.25, -0.2) is 0 Å². The largest absolute Gasteiger partial charge is 0.378 e. The first-order valence-electron chi connectivity index (χ1n) is 8.72. The van der Waals surface area contributed by atoms with Crippen molar-refractivity contribution in [3.8, 4) is 0 Å². The number of aryl methyl sites for hydroxylation is 2. The summed E-state index contributed by atoms with van der Waals surface area (Å²) in [5, 5.41) is 0. The summed E-state index contributed by atoms with van der Waals surface area (Å²) in [6.45, 7) is 6.84. The van der Waals surface area contributed by atoms with E-state index >= 15 is 0 Å². The molecule has 2 aliphatic rings. The van der Waals surface area contributed by atoms with Crippen LogP contribution in [0.2, 0.25) is 0 Å². The fourth-order valence-electron chi connectivity index (χ4n) is 3.93. The van der Waals surface area contributed by atoms with Crippen molar-refractivity contribution < 1.29 is 4.74 Å². The molecule has 0 spiro atoms. The van der Waals surface area contributed by atoms with Crippen molar-refractivity contribution in [1.82, 2.24) is 9.88 Å². The number of rotatable bonds is 3. The third kappa shape index (κ3) is 3.02. The summed E-state index contributed by atoms with van der Waals surface area (Å²) in [4.78, 5) is 7.30. The number of morpholine rings is 1. The van der Waals surface area contributed by atoms with E-state index in [0.717, 1.165) is 31.9 Å². The van der Waals surface area contributed by atoms with Gasteiger partial charge < -0.3 is 4.74 Å². The molecule has 124 valence electrons. The van der Waals surface area contributed by atoms with Crippen molar-refractivity contribution in [2.24, 2.45) is 0 Å². The smallest absolute Gasteiger partial charge is 0.0688 e. The molecule has 3 heterocycles. The van der Waals surface area contributed by atoms with Crippen LogP contribution in [0.25, 0.3) is 5.57 Å². The molecule has 4 rings (SSSR count). The van der Waals surface area contributed by atoms with Gasteiger partial charge in [-0.2, -0.15) is 0 Å². The van der Waals surface area contributed by atoms with Crippen molar-refractivity contribution in [2.75, 3.05) is 13.2 Å². The van der Waals surface area contributed by atoms with Gasteiger partial charge in [0.25, 0.3) is 0 Å². The number of benzene rings is 1. The fraction of sp³-hybridized carbons (Fsp3) is 0.381. The highest BCUT2D eigenvalue weighted by molar-refractivity contribution is 5.67. The van der Waals surface area contributed by atoms with Crippen molar-refractivity contribution in [1.29, 1.82) is 0 Å². The Bertz CT molecular complexity index is 754. The lowest BCUT2D eigenvalue weighted by molar-refractivity contribution is -0.0403. The van der Waals surface area contributed by atoms with Gasteiger partial charge in [-0.3, -0.25) is 9.88 Å². The molecule has 0 N–H and O–H groups in total. The third-order valence-corrected chi connectivity index (χ3v) is 5.07. The van der Waals surface area contributed by atoms with E-state index in [4.69, 9.17) is 9.72 Å². The van der Waals surface area contributed by atoms with E-state index in [2.05, 4.69) is 61.2 Å². The second-order valence-corrected chi connectivity index (χ2v) is 6.99. The standard InChI is InChI=1S/C21H24N2O/c1-15-8-16(2)21(22-11-15)18-9-19-13-24-14-20(10-18)23(19)12-17-6-4-3-5-7-17/h3-9,11,19-20H,10,12-14H2,1-2H3. The van der Waals surface area contributed by atoms with E-state index in [1.807, 2.05) is 6.20 Å². The molecule has 2 atom stereocenters. The van der Waals surface area contributed by atoms with Gasteiger partial charge in [0, 0.05) is 18.8 Å². The van der Waals surface area contributed by atoms with Crippen LogP contribution in [0.15, 0.2) is 48.7 Å². The molecular weight excluding hydrogens is 296 g/mol.